The fraction of sp³-hybridized carbons (Fsp3) is 0.235. The maximum atomic E-state index is 12.5. The summed E-state index contributed by atoms with van der Waals surface area (Å²) in [4.78, 5) is 35.0. The van der Waals surface area contributed by atoms with E-state index < -0.39 is 23.6 Å². The lowest BCUT2D eigenvalue weighted by atomic mass is 10.1. The highest BCUT2D eigenvalue weighted by atomic mass is 19.4. The first-order valence-electron chi connectivity index (χ1n) is 7.81. The Hall–Kier alpha value is -3.30. The molecule has 0 spiro atoms. The number of hydrogen-bond donors (Lipinski definition) is 3. The minimum atomic E-state index is -4.50. The molecule has 10 heteroatoms. The molecule has 3 amide bonds. The summed E-state index contributed by atoms with van der Waals surface area (Å²) in [5, 5.41) is 2.56. The van der Waals surface area contributed by atoms with Crippen LogP contribution in [0.15, 0.2) is 47.1 Å². The van der Waals surface area contributed by atoms with Gasteiger partial charge in [-0.05, 0) is 36.4 Å². The average molecular weight is 383 g/mol. The zero-order valence-corrected chi connectivity index (χ0v) is 13.9. The van der Waals surface area contributed by atoms with Gasteiger partial charge in [0.25, 0.3) is 5.91 Å². The Morgan fingerprint density at radius 1 is 0.926 bits per heavy atom. The third-order valence-electron chi connectivity index (χ3n) is 3.41. The van der Waals surface area contributed by atoms with Crippen molar-refractivity contribution in [2.75, 3.05) is 0 Å². The zero-order chi connectivity index (χ0) is 19.9. The van der Waals surface area contributed by atoms with E-state index in [2.05, 4.69) is 16.2 Å². The van der Waals surface area contributed by atoms with E-state index in [1.807, 2.05) is 0 Å². The van der Waals surface area contributed by atoms with Crippen molar-refractivity contribution in [2.24, 2.45) is 0 Å². The lowest BCUT2D eigenvalue weighted by molar-refractivity contribution is -0.137. The topological polar surface area (TPSA) is 100 Å². The van der Waals surface area contributed by atoms with E-state index in [1.165, 1.54) is 6.26 Å². The molecule has 0 bridgehead atoms. The molecule has 0 aliphatic carbocycles. The molecule has 0 atom stereocenters. The number of alkyl halides is 3. The molecule has 7 nitrogen and oxygen atoms in total. The van der Waals surface area contributed by atoms with Crippen LogP contribution in [0.2, 0.25) is 0 Å². The van der Waals surface area contributed by atoms with E-state index in [1.54, 1.807) is 12.1 Å². The first-order valence-corrected chi connectivity index (χ1v) is 7.81. The second-order valence-corrected chi connectivity index (χ2v) is 5.43. The predicted molar refractivity (Wildman–Crippen MR) is 86.8 cm³/mol. The third kappa shape index (κ3) is 6.49. The van der Waals surface area contributed by atoms with Crippen LogP contribution < -0.4 is 16.2 Å². The molecule has 1 heterocycles. The number of carbonyl (C=O) groups is 3. The molecule has 0 fully saturated rings. The quantitative estimate of drug-likeness (QED) is 0.666. The van der Waals surface area contributed by atoms with Crippen molar-refractivity contribution < 1.29 is 32.0 Å². The van der Waals surface area contributed by atoms with E-state index in [0.29, 0.717) is 5.76 Å². The minimum Gasteiger partial charge on any atom is -0.467 e. The van der Waals surface area contributed by atoms with Crippen molar-refractivity contribution in [1.29, 1.82) is 0 Å². The van der Waals surface area contributed by atoms with Crippen LogP contribution in [0, 0.1) is 0 Å². The summed E-state index contributed by atoms with van der Waals surface area (Å²) >= 11 is 0. The van der Waals surface area contributed by atoms with Crippen LogP contribution in [0.5, 0.6) is 0 Å². The summed E-state index contributed by atoms with van der Waals surface area (Å²) in [7, 11) is 0. The lowest BCUT2D eigenvalue weighted by Gasteiger charge is -2.09. The van der Waals surface area contributed by atoms with Crippen LogP contribution in [0.25, 0.3) is 0 Å². The number of furan rings is 1. The van der Waals surface area contributed by atoms with E-state index in [-0.39, 0.29) is 30.9 Å². The Kier molecular flexibility index (Phi) is 6.58. The molecule has 2 rings (SSSR count). The largest absolute Gasteiger partial charge is 0.467 e. The molecule has 1 aromatic carbocycles. The second-order valence-electron chi connectivity index (χ2n) is 5.43. The molecule has 1 aromatic heterocycles. The first-order chi connectivity index (χ1) is 12.8. The number of nitrogens with one attached hydrogen (secondary N) is 3. The Morgan fingerprint density at radius 2 is 1.59 bits per heavy atom. The highest BCUT2D eigenvalue weighted by Crippen LogP contribution is 2.28. The van der Waals surface area contributed by atoms with Crippen molar-refractivity contribution in [1.82, 2.24) is 16.2 Å². The fourth-order valence-electron chi connectivity index (χ4n) is 1.99. The second kappa shape index (κ2) is 8.88. The van der Waals surface area contributed by atoms with Crippen molar-refractivity contribution in [2.45, 2.75) is 25.6 Å². The van der Waals surface area contributed by atoms with E-state index in [4.69, 9.17) is 4.42 Å². The Labute approximate surface area is 151 Å². The molecular weight excluding hydrogens is 367 g/mol. The number of hydrogen-bond acceptors (Lipinski definition) is 4. The van der Waals surface area contributed by atoms with Gasteiger partial charge in [-0.3, -0.25) is 25.2 Å². The van der Waals surface area contributed by atoms with Crippen LogP contribution in [0.4, 0.5) is 13.2 Å². The number of carbonyl (C=O) groups excluding carboxylic acids is 3. The van der Waals surface area contributed by atoms with Gasteiger partial charge < -0.3 is 9.73 Å². The molecule has 0 saturated heterocycles. The molecule has 0 unspecified atom stereocenters. The van der Waals surface area contributed by atoms with Crippen molar-refractivity contribution in [3.05, 3.63) is 59.5 Å². The molecule has 27 heavy (non-hydrogen) atoms. The van der Waals surface area contributed by atoms with Gasteiger partial charge in [0.15, 0.2) is 0 Å². The summed E-state index contributed by atoms with van der Waals surface area (Å²) < 4.78 is 42.4. The Balaban J connectivity index is 1.70. The number of hydrazine groups is 1. The van der Waals surface area contributed by atoms with Crippen molar-refractivity contribution in [3.8, 4) is 0 Å². The van der Waals surface area contributed by atoms with Crippen LogP contribution in [-0.4, -0.2) is 17.7 Å². The summed E-state index contributed by atoms with van der Waals surface area (Å²) in [5.74, 6) is -1.21. The zero-order valence-electron chi connectivity index (χ0n) is 13.9. The summed E-state index contributed by atoms with van der Waals surface area (Å²) in [6.07, 6.45) is -3.32. The Bertz CT molecular complexity index is 787. The number of amides is 3. The first kappa shape index (κ1) is 20.0. The van der Waals surface area contributed by atoms with Gasteiger partial charge in [0.05, 0.1) is 18.4 Å². The van der Waals surface area contributed by atoms with Crippen LogP contribution in [0.3, 0.4) is 0 Å². The van der Waals surface area contributed by atoms with Crippen LogP contribution >= 0.6 is 0 Å². The molecule has 0 aliphatic rings. The summed E-state index contributed by atoms with van der Waals surface area (Å²) in [5.41, 5.74) is 3.22. The molecule has 0 aliphatic heterocycles. The average Bonchev–Trinajstić information content (AvgIpc) is 3.15. The van der Waals surface area contributed by atoms with Crippen LogP contribution in [0.1, 0.15) is 34.5 Å². The van der Waals surface area contributed by atoms with Gasteiger partial charge in [0.1, 0.15) is 5.76 Å². The number of benzene rings is 1. The molecular formula is C17H16F3N3O4. The SMILES string of the molecule is O=C(CCC(=O)NNC(=O)c1ccc(C(F)(F)F)cc1)NCc1ccco1. The van der Waals surface area contributed by atoms with Gasteiger partial charge in [-0.15, -0.1) is 0 Å². The monoisotopic (exact) mass is 383 g/mol. The van der Waals surface area contributed by atoms with E-state index >= 15 is 0 Å². The molecule has 2 aromatic rings. The number of rotatable bonds is 6. The van der Waals surface area contributed by atoms with Gasteiger partial charge in [-0.2, -0.15) is 13.2 Å². The highest BCUT2D eigenvalue weighted by molar-refractivity contribution is 5.95. The predicted octanol–water partition coefficient (Wildman–Crippen LogP) is 2.16. The van der Waals surface area contributed by atoms with Crippen molar-refractivity contribution in [3.63, 3.8) is 0 Å². The van der Waals surface area contributed by atoms with Gasteiger partial charge in [-0.25, -0.2) is 0 Å². The van der Waals surface area contributed by atoms with E-state index in [9.17, 15) is 27.6 Å². The van der Waals surface area contributed by atoms with Gasteiger partial charge >= 0.3 is 6.18 Å². The molecule has 144 valence electrons. The highest BCUT2D eigenvalue weighted by Gasteiger charge is 2.30. The van der Waals surface area contributed by atoms with Crippen LogP contribution in [-0.2, 0) is 22.3 Å². The summed E-state index contributed by atoms with van der Waals surface area (Å²) in [6.45, 7) is 0.193. The minimum absolute atomic E-state index is 0.0560. The lowest BCUT2D eigenvalue weighted by Crippen LogP contribution is -2.42. The Morgan fingerprint density at radius 3 is 2.19 bits per heavy atom. The van der Waals surface area contributed by atoms with E-state index in [0.717, 1.165) is 24.3 Å². The smallest absolute Gasteiger partial charge is 0.416 e. The molecule has 0 radical (unpaired) electrons. The van der Waals surface area contributed by atoms with Crippen molar-refractivity contribution >= 4 is 17.7 Å². The van der Waals surface area contributed by atoms with Gasteiger partial charge in [0, 0.05) is 18.4 Å². The molecule has 3 N–H and O–H groups in total. The van der Waals surface area contributed by atoms with Gasteiger partial charge in [0.2, 0.25) is 11.8 Å². The maximum Gasteiger partial charge on any atom is 0.416 e. The standard InChI is InChI=1S/C17H16F3N3O4/c18-17(19,20)12-5-3-11(4-6-12)16(26)23-22-15(25)8-7-14(24)21-10-13-2-1-9-27-13/h1-6,9H,7-8,10H2,(H,21,24)(H,22,25)(H,23,26). The molecule has 0 saturated carbocycles. The summed E-state index contributed by atoms with van der Waals surface area (Å²) in [6, 6.07) is 6.87. The van der Waals surface area contributed by atoms with Gasteiger partial charge in [-0.1, -0.05) is 0 Å². The third-order valence-corrected chi connectivity index (χ3v) is 3.41. The fourth-order valence-corrected chi connectivity index (χ4v) is 1.99. The normalized spacial score (nSPS) is 10.9. The number of halogens is 3. The maximum absolute atomic E-state index is 12.5.